The van der Waals surface area contributed by atoms with Crippen LogP contribution in [-0.4, -0.2) is 6.10 Å². The number of benzene rings is 1. The largest absolute Gasteiger partial charge is 0.478 e. The third-order valence-corrected chi connectivity index (χ3v) is 2.41. The van der Waals surface area contributed by atoms with E-state index in [1.54, 1.807) is 0 Å². The molecule has 15 heavy (non-hydrogen) atoms. The van der Waals surface area contributed by atoms with Crippen molar-refractivity contribution in [2.75, 3.05) is 0 Å². The maximum atomic E-state index is 5.88. The maximum absolute atomic E-state index is 5.88. The van der Waals surface area contributed by atoms with Gasteiger partial charge in [0.2, 0.25) is 0 Å². The molecule has 0 radical (unpaired) electrons. The van der Waals surface area contributed by atoms with Gasteiger partial charge in [-0.25, -0.2) is 0 Å². The highest BCUT2D eigenvalue weighted by Crippen LogP contribution is 2.39. The second-order valence-electron chi connectivity index (χ2n) is 4.88. The predicted octanol–water partition coefficient (Wildman–Crippen LogP) is 3.39. The lowest BCUT2D eigenvalue weighted by atomic mass is 9.87. The number of rotatable bonds is 0. The summed E-state index contributed by atoms with van der Waals surface area (Å²) in [5.74, 6) is 2.23. The molecule has 1 aliphatic rings. The Kier molecular flexibility index (Phi) is 2.22. The summed E-state index contributed by atoms with van der Waals surface area (Å²) < 4.78 is 11.5. The van der Waals surface area contributed by atoms with Crippen LogP contribution in [0.2, 0.25) is 0 Å². The van der Waals surface area contributed by atoms with Crippen LogP contribution in [0.1, 0.15) is 20.8 Å². The predicted molar refractivity (Wildman–Crippen MR) is 60.1 cm³/mol. The molecule has 0 aliphatic carbocycles. The fraction of sp³-hybridized carbons (Fsp3) is 0.385. The van der Waals surface area contributed by atoms with Crippen LogP contribution in [0, 0.1) is 5.41 Å². The van der Waals surface area contributed by atoms with Gasteiger partial charge in [-0.1, -0.05) is 39.5 Å². The molecule has 0 aromatic heterocycles. The van der Waals surface area contributed by atoms with Gasteiger partial charge >= 0.3 is 0 Å². The minimum Gasteiger partial charge on any atom is -0.478 e. The molecule has 1 aliphatic heterocycles. The van der Waals surface area contributed by atoms with E-state index in [-0.39, 0.29) is 11.5 Å². The van der Waals surface area contributed by atoms with Gasteiger partial charge in [-0.05, 0) is 12.1 Å². The molecular weight excluding hydrogens is 188 g/mol. The van der Waals surface area contributed by atoms with Gasteiger partial charge in [0, 0.05) is 5.41 Å². The molecule has 80 valence electrons. The third-order valence-electron chi connectivity index (χ3n) is 2.41. The van der Waals surface area contributed by atoms with E-state index in [1.807, 2.05) is 24.3 Å². The average molecular weight is 204 g/mol. The highest BCUT2D eigenvalue weighted by molar-refractivity contribution is 5.43. The van der Waals surface area contributed by atoms with E-state index >= 15 is 0 Å². The quantitative estimate of drug-likeness (QED) is 0.645. The Balaban J connectivity index is 2.34. The van der Waals surface area contributed by atoms with Gasteiger partial charge < -0.3 is 9.47 Å². The van der Waals surface area contributed by atoms with Crippen molar-refractivity contribution in [3.63, 3.8) is 0 Å². The first-order valence-corrected chi connectivity index (χ1v) is 5.11. The molecule has 0 saturated carbocycles. The van der Waals surface area contributed by atoms with Gasteiger partial charge in [-0.3, -0.25) is 0 Å². The molecule has 1 aromatic rings. The van der Waals surface area contributed by atoms with Crippen molar-refractivity contribution in [3.8, 4) is 11.5 Å². The van der Waals surface area contributed by atoms with Crippen LogP contribution in [0.3, 0.4) is 0 Å². The molecule has 0 fully saturated rings. The minimum absolute atomic E-state index is 0.00931. The first-order valence-electron chi connectivity index (χ1n) is 5.11. The topological polar surface area (TPSA) is 18.5 Å². The van der Waals surface area contributed by atoms with Crippen molar-refractivity contribution in [2.24, 2.45) is 5.41 Å². The smallest absolute Gasteiger partial charge is 0.169 e. The molecular formula is C13H16O2. The molecule has 1 aromatic carbocycles. The summed E-state index contributed by atoms with van der Waals surface area (Å²) in [5.41, 5.74) is -0.00931. The SMILES string of the molecule is C=C1Oc2ccccc2OC1C(C)(C)C. The van der Waals surface area contributed by atoms with Crippen LogP contribution in [0.5, 0.6) is 11.5 Å². The fourth-order valence-electron chi connectivity index (χ4n) is 1.68. The minimum atomic E-state index is -0.0904. The van der Waals surface area contributed by atoms with Crippen LogP contribution in [-0.2, 0) is 0 Å². The summed E-state index contributed by atoms with van der Waals surface area (Å²) >= 11 is 0. The zero-order valence-electron chi connectivity index (χ0n) is 9.41. The van der Waals surface area contributed by atoms with Gasteiger partial charge in [-0.15, -0.1) is 0 Å². The Morgan fingerprint density at radius 2 is 1.73 bits per heavy atom. The van der Waals surface area contributed by atoms with Crippen LogP contribution in [0.25, 0.3) is 0 Å². The number of ether oxygens (including phenoxy) is 2. The number of para-hydroxylation sites is 2. The molecule has 0 bridgehead atoms. The van der Waals surface area contributed by atoms with Crippen molar-refractivity contribution in [2.45, 2.75) is 26.9 Å². The zero-order chi connectivity index (χ0) is 11.1. The molecule has 2 nitrogen and oxygen atoms in total. The van der Waals surface area contributed by atoms with E-state index in [9.17, 15) is 0 Å². The summed E-state index contributed by atoms with van der Waals surface area (Å²) in [5, 5.41) is 0. The van der Waals surface area contributed by atoms with E-state index in [0.717, 1.165) is 11.5 Å². The Bertz CT molecular complexity index is 388. The molecule has 2 heteroatoms. The van der Waals surface area contributed by atoms with E-state index in [2.05, 4.69) is 27.4 Å². The van der Waals surface area contributed by atoms with Crippen molar-refractivity contribution in [1.29, 1.82) is 0 Å². The van der Waals surface area contributed by atoms with E-state index < -0.39 is 0 Å². The van der Waals surface area contributed by atoms with Crippen LogP contribution < -0.4 is 9.47 Å². The molecule has 2 rings (SSSR count). The number of fused-ring (bicyclic) bond motifs is 1. The molecule has 0 saturated heterocycles. The highest BCUT2D eigenvalue weighted by Gasteiger charge is 2.34. The fourth-order valence-corrected chi connectivity index (χ4v) is 1.68. The van der Waals surface area contributed by atoms with Gasteiger partial charge in [0.05, 0.1) is 0 Å². The number of hydrogen-bond donors (Lipinski definition) is 0. The monoisotopic (exact) mass is 204 g/mol. The van der Waals surface area contributed by atoms with Crippen molar-refractivity contribution >= 4 is 0 Å². The van der Waals surface area contributed by atoms with Crippen LogP contribution in [0.4, 0.5) is 0 Å². The average Bonchev–Trinajstić information content (AvgIpc) is 2.15. The van der Waals surface area contributed by atoms with Crippen LogP contribution >= 0.6 is 0 Å². The summed E-state index contributed by atoms with van der Waals surface area (Å²) in [6.07, 6.45) is -0.0904. The molecule has 0 spiro atoms. The van der Waals surface area contributed by atoms with Gasteiger partial charge in [0.1, 0.15) is 5.76 Å². The Labute approximate surface area is 90.5 Å². The summed E-state index contributed by atoms with van der Waals surface area (Å²) in [6.45, 7) is 10.2. The van der Waals surface area contributed by atoms with Crippen LogP contribution in [0.15, 0.2) is 36.6 Å². The van der Waals surface area contributed by atoms with Gasteiger partial charge in [0.25, 0.3) is 0 Å². The van der Waals surface area contributed by atoms with Crippen molar-refractivity contribution in [1.82, 2.24) is 0 Å². The lowest BCUT2D eigenvalue weighted by Crippen LogP contribution is -2.37. The molecule has 0 N–H and O–H groups in total. The molecule has 1 atom stereocenters. The lowest BCUT2D eigenvalue weighted by molar-refractivity contribution is 0.0614. The summed E-state index contributed by atoms with van der Waals surface area (Å²) in [6, 6.07) is 7.67. The second kappa shape index (κ2) is 3.30. The van der Waals surface area contributed by atoms with Crippen molar-refractivity contribution in [3.05, 3.63) is 36.6 Å². The van der Waals surface area contributed by atoms with Gasteiger partial charge in [-0.2, -0.15) is 0 Å². The normalized spacial score (nSPS) is 20.2. The maximum Gasteiger partial charge on any atom is 0.169 e. The Morgan fingerprint density at radius 1 is 1.13 bits per heavy atom. The zero-order valence-corrected chi connectivity index (χ0v) is 9.41. The van der Waals surface area contributed by atoms with E-state index in [1.165, 1.54) is 0 Å². The summed E-state index contributed by atoms with van der Waals surface area (Å²) in [4.78, 5) is 0. The summed E-state index contributed by atoms with van der Waals surface area (Å²) in [7, 11) is 0. The third kappa shape index (κ3) is 1.84. The second-order valence-corrected chi connectivity index (χ2v) is 4.88. The molecule has 1 heterocycles. The van der Waals surface area contributed by atoms with E-state index in [0.29, 0.717) is 5.76 Å². The Hall–Kier alpha value is -1.44. The Morgan fingerprint density at radius 3 is 2.33 bits per heavy atom. The first-order chi connectivity index (χ1) is 6.98. The van der Waals surface area contributed by atoms with Crippen molar-refractivity contribution < 1.29 is 9.47 Å². The highest BCUT2D eigenvalue weighted by atomic mass is 16.6. The standard InChI is InChI=1S/C13H16O2/c1-9-12(13(2,3)4)15-11-8-6-5-7-10(11)14-9/h5-8,12H,1H2,2-4H3. The first kappa shape index (κ1) is 10.1. The molecule has 0 amide bonds. The van der Waals surface area contributed by atoms with Gasteiger partial charge in [0.15, 0.2) is 17.6 Å². The molecule has 1 unspecified atom stereocenters. The number of hydrogen-bond acceptors (Lipinski definition) is 2. The lowest BCUT2D eigenvalue weighted by Gasteiger charge is -2.36. The van der Waals surface area contributed by atoms with E-state index in [4.69, 9.17) is 9.47 Å².